The second-order valence-electron chi connectivity index (χ2n) is 2.50. The fourth-order valence-electron chi connectivity index (χ4n) is 0.936. The van der Waals surface area contributed by atoms with Crippen molar-refractivity contribution in [1.29, 1.82) is 0 Å². The highest BCUT2D eigenvalue weighted by Gasteiger charge is 2.38. The summed E-state index contributed by atoms with van der Waals surface area (Å²) < 4.78 is 73.4. The van der Waals surface area contributed by atoms with E-state index in [1.165, 1.54) is 0 Å². The van der Waals surface area contributed by atoms with Crippen molar-refractivity contribution in [2.45, 2.75) is 12.6 Å². The molecule has 0 radical (unpaired) electrons. The van der Waals surface area contributed by atoms with Crippen molar-refractivity contribution in [2.24, 2.45) is 0 Å². The Morgan fingerprint density at radius 3 is 2.20 bits per heavy atom. The van der Waals surface area contributed by atoms with E-state index >= 15 is 0 Å². The molecule has 1 aromatic heterocycles. The lowest BCUT2D eigenvalue weighted by molar-refractivity contribution is -0.139. The molecule has 1 heterocycles. The number of halogens is 7. The Hall–Kier alpha value is -0.980. The molecule has 0 bridgehead atoms. The van der Waals surface area contributed by atoms with E-state index in [0.29, 0.717) is 0 Å². The summed E-state index contributed by atoms with van der Waals surface area (Å²) in [5.74, 6) is -1.56. The first-order valence-corrected chi connectivity index (χ1v) is 3.82. The third kappa shape index (κ3) is 2.53. The van der Waals surface area contributed by atoms with Gasteiger partial charge in [0.2, 0.25) is 5.95 Å². The predicted molar refractivity (Wildman–Crippen MR) is 39.2 cm³/mol. The van der Waals surface area contributed by atoms with Crippen LogP contribution in [-0.4, -0.2) is 4.98 Å². The fraction of sp³-hybridized carbons (Fsp3) is 0.286. The Morgan fingerprint density at radius 1 is 1.27 bits per heavy atom. The average molecular weight is 250 g/mol. The van der Waals surface area contributed by atoms with E-state index in [1.54, 1.807) is 0 Å². The van der Waals surface area contributed by atoms with Gasteiger partial charge in [-0.25, -0.2) is 13.8 Å². The molecule has 0 aliphatic heterocycles. The zero-order valence-electron chi connectivity index (χ0n) is 6.75. The molecule has 0 atom stereocenters. The molecule has 0 saturated heterocycles. The van der Waals surface area contributed by atoms with Crippen molar-refractivity contribution in [2.75, 3.05) is 0 Å². The van der Waals surface area contributed by atoms with Crippen LogP contribution in [0.3, 0.4) is 0 Å². The maximum atomic E-state index is 12.5. The number of aromatic nitrogens is 1. The Balaban J connectivity index is 3.47. The first-order chi connectivity index (χ1) is 6.73. The van der Waals surface area contributed by atoms with Crippen LogP contribution in [0.1, 0.15) is 17.6 Å². The largest absolute Gasteiger partial charge is 0.417 e. The maximum absolute atomic E-state index is 12.5. The summed E-state index contributed by atoms with van der Waals surface area (Å²) in [5.41, 5.74) is -3.32. The molecule has 0 unspecified atom stereocenters. The summed E-state index contributed by atoms with van der Waals surface area (Å²) in [6, 6.07) is -0.118. The maximum Gasteiger partial charge on any atom is 0.417 e. The highest BCUT2D eigenvalue weighted by molar-refractivity contribution is 6.30. The fourth-order valence-corrected chi connectivity index (χ4v) is 1.20. The van der Waals surface area contributed by atoms with Crippen LogP contribution in [0.15, 0.2) is 6.07 Å². The van der Waals surface area contributed by atoms with Crippen LogP contribution >= 0.6 is 11.6 Å². The molecule has 0 aliphatic carbocycles. The predicted octanol–water partition coefficient (Wildman–Crippen LogP) is 3.83. The van der Waals surface area contributed by atoms with Gasteiger partial charge in [-0.3, -0.25) is 0 Å². The van der Waals surface area contributed by atoms with Gasteiger partial charge in [0.05, 0.1) is 11.1 Å². The summed E-state index contributed by atoms with van der Waals surface area (Å²) in [6.45, 7) is 0. The molecule has 0 aromatic carbocycles. The summed E-state index contributed by atoms with van der Waals surface area (Å²) in [7, 11) is 0. The molecule has 0 amide bonds. The van der Waals surface area contributed by atoms with Gasteiger partial charge in [0, 0.05) is 6.07 Å². The van der Waals surface area contributed by atoms with Crippen LogP contribution in [-0.2, 0) is 6.18 Å². The van der Waals surface area contributed by atoms with E-state index in [9.17, 15) is 26.3 Å². The van der Waals surface area contributed by atoms with Crippen molar-refractivity contribution in [3.05, 3.63) is 28.3 Å². The van der Waals surface area contributed by atoms with Gasteiger partial charge in [0.1, 0.15) is 5.15 Å². The van der Waals surface area contributed by atoms with Gasteiger partial charge in [-0.15, -0.1) is 0 Å². The Labute approximate surface area is 84.7 Å². The Bertz CT molecular complexity index is 374. The monoisotopic (exact) mass is 249 g/mol. The molecule has 84 valence electrons. The molecule has 1 aromatic rings. The van der Waals surface area contributed by atoms with Gasteiger partial charge in [-0.05, 0) is 0 Å². The Kier molecular flexibility index (Phi) is 3.13. The standard InChI is InChI=1S/C7H2ClF6N/c8-5-4(6(10)11)2(7(12,13)14)1-3(9)15-5/h1,6H. The van der Waals surface area contributed by atoms with Gasteiger partial charge in [0.25, 0.3) is 6.43 Å². The smallest absolute Gasteiger partial charge is 0.207 e. The molecule has 0 spiro atoms. The van der Waals surface area contributed by atoms with Crippen LogP contribution in [0, 0.1) is 5.95 Å². The minimum absolute atomic E-state index is 0.118. The molecular weight excluding hydrogens is 248 g/mol. The van der Waals surface area contributed by atoms with E-state index in [-0.39, 0.29) is 6.07 Å². The highest BCUT2D eigenvalue weighted by atomic mass is 35.5. The van der Waals surface area contributed by atoms with E-state index in [1.807, 2.05) is 0 Å². The zero-order valence-corrected chi connectivity index (χ0v) is 7.50. The van der Waals surface area contributed by atoms with E-state index in [0.717, 1.165) is 0 Å². The van der Waals surface area contributed by atoms with Crippen molar-refractivity contribution in [3.63, 3.8) is 0 Å². The first-order valence-electron chi connectivity index (χ1n) is 3.44. The molecule has 15 heavy (non-hydrogen) atoms. The second-order valence-corrected chi connectivity index (χ2v) is 2.85. The van der Waals surface area contributed by atoms with Gasteiger partial charge >= 0.3 is 6.18 Å². The SMILES string of the molecule is Fc1cc(C(F)(F)F)c(C(F)F)c(Cl)n1. The molecule has 0 saturated carbocycles. The quantitative estimate of drug-likeness (QED) is 0.544. The number of alkyl halides is 5. The Morgan fingerprint density at radius 2 is 1.80 bits per heavy atom. The molecule has 0 fully saturated rings. The lowest BCUT2D eigenvalue weighted by Gasteiger charge is -2.12. The molecule has 0 aliphatic rings. The van der Waals surface area contributed by atoms with Gasteiger partial charge < -0.3 is 0 Å². The minimum Gasteiger partial charge on any atom is -0.207 e. The van der Waals surface area contributed by atoms with Crippen molar-refractivity contribution in [1.82, 2.24) is 4.98 Å². The van der Waals surface area contributed by atoms with Crippen LogP contribution in [0.4, 0.5) is 26.3 Å². The third-order valence-corrected chi connectivity index (χ3v) is 1.79. The topological polar surface area (TPSA) is 12.9 Å². The minimum atomic E-state index is -5.10. The zero-order chi connectivity index (χ0) is 11.8. The lowest BCUT2D eigenvalue weighted by Crippen LogP contribution is -2.12. The van der Waals surface area contributed by atoms with Crippen molar-refractivity contribution < 1.29 is 26.3 Å². The van der Waals surface area contributed by atoms with Crippen LogP contribution in [0.5, 0.6) is 0 Å². The molecule has 1 rings (SSSR count). The van der Waals surface area contributed by atoms with Crippen molar-refractivity contribution >= 4 is 11.6 Å². The summed E-state index contributed by atoms with van der Waals surface area (Å²) in [6.07, 6.45) is -8.57. The highest BCUT2D eigenvalue weighted by Crippen LogP contribution is 2.39. The first kappa shape index (κ1) is 12.1. The van der Waals surface area contributed by atoms with Crippen LogP contribution < -0.4 is 0 Å². The summed E-state index contributed by atoms with van der Waals surface area (Å²) >= 11 is 5.00. The van der Waals surface area contributed by atoms with Gasteiger partial charge in [0.15, 0.2) is 0 Å². The van der Waals surface area contributed by atoms with E-state index < -0.39 is 34.8 Å². The molecule has 8 heteroatoms. The molecule has 0 N–H and O–H groups in total. The van der Waals surface area contributed by atoms with Crippen LogP contribution in [0.25, 0.3) is 0 Å². The van der Waals surface area contributed by atoms with Gasteiger partial charge in [-0.1, -0.05) is 11.6 Å². The average Bonchev–Trinajstić information content (AvgIpc) is 1.99. The normalized spacial score (nSPS) is 12.3. The van der Waals surface area contributed by atoms with Crippen LogP contribution in [0.2, 0.25) is 5.15 Å². The number of hydrogen-bond acceptors (Lipinski definition) is 1. The molecule has 1 nitrogen and oxygen atoms in total. The number of pyridine rings is 1. The van der Waals surface area contributed by atoms with Gasteiger partial charge in [-0.2, -0.15) is 17.6 Å². The van der Waals surface area contributed by atoms with E-state index in [2.05, 4.69) is 4.98 Å². The second kappa shape index (κ2) is 3.88. The summed E-state index contributed by atoms with van der Waals surface area (Å²) in [4.78, 5) is 2.69. The van der Waals surface area contributed by atoms with Crippen molar-refractivity contribution in [3.8, 4) is 0 Å². The lowest BCUT2D eigenvalue weighted by atomic mass is 10.1. The van der Waals surface area contributed by atoms with E-state index in [4.69, 9.17) is 11.6 Å². The third-order valence-electron chi connectivity index (χ3n) is 1.50. The number of rotatable bonds is 1. The number of nitrogens with zero attached hydrogens (tertiary/aromatic N) is 1. The molecular formula is C7H2ClF6N. The number of hydrogen-bond donors (Lipinski definition) is 0. The summed E-state index contributed by atoms with van der Waals surface area (Å²) in [5, 5.41) is -1.18.